The second-order valence-corrected chi connectivity index (χ2v) is 7.40. The van der Waals surface area contributed by atoms with Gasteiger partial charge in [0.2, 0.25) is 11.8 Å². The predicted molar refractivity (Wildman–Crippen MR) is 126 cm³/mol. The Morgan fingerprint density at radius 1 is 0.750 bits per heavy atom. The summed E-state index contributed by atoms with van der Waals surface area (Å²) < 4.78 is 0. The number of nitrogens with one attached hydrogen (secondary N) is 3. The SMILES string of the molecule is CCCC(=O)Nc1cccc(CNC(=O)CNC(=O)c2ccc(-c3ccccc3)cc2)c1. The van der Waals surface area contributed by atoms with Gasteiger partial charge >= 0.3 is 0 Å². The van der Waals surface area contributed by atoms with Crippen molar-refractivity contribution in [1.82, 2.24) is 10.6 Å². The molecule has 0 aromatic heterocycles. The summed E-state index contributed by atoms with van der Waals surface area (Å²) in [5.74, 6) is -0.631. The van der Waals surface area contributed by atoms with Gasteiger partial charge in [-0.15, -0.1) is 0 Å². The van der Waals surface area contributed by atoms with Gasteiger partial charge in [0.1, 0.15) is 0 Å². The first-order valence-corrected chi connectivity index (χ1v) is 10.6. The minimum Gasteiger partial charge on any atom is -0.350 e. The van der Waals surface area contributed by atoms with Gasteiger partial charge in [-0.3, -0.25) is 14.4 Å². The standard InChI is InChI=1S/C26H27N3O3/c1-2-7-24(30)29-23-11-6-8-19(16-23)17-27-25(31)18-28-26(32)22-14-12-21(13-15-22)20-9-4-3-5-10-20/h3-6,8-16H,2,7,17-18H2,1H3,(H,27,31)(H,28,32)(H,29,30). The maximum Gasteiger partial charge on any atom is 0.251 e. The van der Waals surface area contributed by atoms with E-state index >= 15 is 0 Å². The molecular formula is C26H27N3O3. The van der Waals surface area contributed by atoms with Gasteiger partial charge in [0.15, 0.2) is 0 Å². The van der Waals surface area contributed by atoms with Gasteiger partial charge in [0.05, 0.1) is 6.54 Å². The highest BCUT2D eigenvalue weighted by Crippen LogP contribution is 2.19. The average molecular weight is 430 g/mol. The predicted octanol–water partition coefficient (Wildman–Crippen LogP) is 4.14. The van der Waals surface area contributed by atoms with Crippen molar-refractivity contribution in [3.8, 4) is 11.1 Å². The Labute approximate surface area is 188 Å². The molecule has 0 fully saturated rings. The molecule has 0 spiro atoms. The Hall–Kier alpha value is -3.93. The second-order valence-electron chi connectivity index (χ2n) is 7.40. The number of anilines is 1. The van der Waals surface area contributed by atoms with E-state index in [9.17, 15) is 14.4 Å². The summed E-state index contributed by atoms with van der Waals surface area (Å²) in [5, 5.41) is 8.25. The van der Waals surface area contributed by atoms with Crippen molar-refractivity contribution in [2.24, 2.45) is 0 Å². The third-order valence-electron chi connectivity index (χ3n) is 4.84. The third-order valence-corrected chi connectivity index (χ3v) is 4.84. The fourth-order valence-corrected chi connectivity index (χ4v) is 3.18. The molecule has 0 saturated heterocycles. The van der Waals surface area contributed by atoms with Crippen LogP contribution in [0.15, 0.2) is 78.9 Å². The second kappa shape index (κ2) is 11.5. The van der Waals surface area contributed by atoms with Gasteiger partial charge in [0, 0.05) is 24.2 Å². The zero-order chi connectivity index (χ0) is 22.8. The molecule has 32 heavy (non-hydrogen) atoms. The van der Waals surface area contributed by atoms with E-state index in [0.29, 0.717) is 24.2 Å². The van der Waals surface area contributed by atoms with E-state index in [1.54, 1.807) is 12.1 Å². The van der Waals surface area contributed by atoms with Gasteiger partial charge in [-0.2, -0.15) is 0 Å². The molecule has 0 heterocycles. The van der Waals surface area contributed by atoms with E-state index in [-0.39, 0.29) is 24.3 Å². The van der Waals surface area contributed by atoms with Gasteiger partial charge in [0.25, 0.3) is 5.91 Å². The first-order chi connectivity index (χ1) is 15.5. The lowest BCUT2D eigenvalue weighted by Crippen LogP contribution is -2.36. The van der Waals surface area contributed by atoms with Gasteiger partial charge in [-0.25, -0.2) is 0 Å². The fraction of sp³-hybridized carbons (Fsp3) is 0.192. The smallest absolute Gasteiger partial charge is 0.251 e. The Morgan fingerprint density at radius 3 is 2.19 bits per heavy atom. The fourth-order valence-electron chi connectivity index (χ4n) is 3.18. The van der Waals surface area contributed by atoms with Crippen LogP contribution >= 0.6 is 0 Å². The van der Waals surface area contributed by atoms with E-state index in [1.807, 2.05) is 73.7 Å². The Morgan fingerprint density at radius 2 is 1.47 bits per heavy atom. The van der Waals surface area contributed by atoms with E-state index in [0.717, 1.165) is 23.1 Å². The van der Waals surface area contributed by atoms with Gasteiger partial charge < -0.3 is 16.0 Å². The minimum atomic E-state index is -0.305. The van der Waals surface area contributed by atoms with Crippen LogP contribution in [0.2, 0.25) is 0 Å². The maximum atomic E-state index is 12.3. The Kier molecular flexibility index (Phi) is 8.15. The first kappa shape index (κ1) is 22.7. The zero-order valence-electron chi connectivity index (χ0n) is 18.1. The molecule has 0 unspecified atom stereocenters. The molecule has 3 N–H and O–H groups in total. The summed E-state index contributed by atoms with van der Waals surface area (Å²) in [6.07, 6.45) is 1.25. The van der Waals surface area contributed by atoms with Crippen molar-refractivity contribution in [2.75, 3.05) is 11.9 Å². The molecule has 0 aliphatic rings. The summed E-state index contributed by atoms with van der Waals surface area (Å²) in [4.78, 5) is 36.2. The highest BCUT2D eigenvalue weighted by atomic mass is 16.2. The van der Waals surface area contributed by atoms with E-state index in [4.69, 9.17) is 0 Å². The lowest BCUT2D eigenvalue weighted by Gasteiger charge is -2.09. The molecule has 0 aliphatic heterocycles. The highest BCUT2D eigenvalue weighted by Gasteiger charge is 2.09. The molecule has 3 rings (SSSR count). The van der Waals surface area contributed by atoms with Gasteiger partial charge in [-0.05, 0) is 47.4 Å². The van der Waals surface area contributed by atoms with Crippen molar-refractivity contribution in [2.45, 2.75) is 26.3 Å². The van der Waals surface area contributed by atoms with Crippen LogP contribution in [0.5, 0.6) is 0 Å². The molecule has 3 aromatic carbocycles. The number of benzene rings is 3. The number of hydrogen-bond donors (Lipinski definition) is 3. The molecule has 0 radical (unpaired) electrons. The molecule has 0 bridgehead atoms. The summed E-state index contributed by atoms with van der Waals surface area (Å²) in [6.45, 7) is 2.13. The minimum absolute atomic E-state index is 0.0341. The monoisotopic (exact) mass is 429 g/mol. The summed E-state index contributed by atoms with van der Waals surface area (Å²) in [6, 6.07) is 24.5. The largest absolute Gasteiger partial charge is 0.350 e. The van der Waals surface area contributed by atoms with Crippen molar-refractivity contribution in [3.05, 3.63) is 90.0 Å². The first-order valence-electron chi connectivity index (χ1n) is 10.6. The molecule has 6 heteroatoms. The van der Waals surface area contributed by atoms with Gasteiger partial charge in [-0.1, -0.05) is 61.5 Å². The van der Waals surface area contributed by atoms with Crippen LogP contribution in [-0.4, -0.2) is 24.3 Å². The molecular weight excluding hydrogens is 402 g/mol. The number of hydrogen-bond acceptors (Lipinski definition) is 3. The molecule has 0 saturated carbocycles. The van der Waals surface area contributed by atoms with Crippen molar-refractivity contribution in [3.63, 3.8) is 0 Å². The molecule has 0 atom stereocenters. The highest BCUT2D eigenvalue weighted by molar-refractivity contribution is 5.96. The quantitative estimate of drug-likeness (QED) is 0.478. The zero-order valence-corrected chi connectivity index (χ0v) is 18.1. The third kappa shape index (κ3) is 6.80. The summed E-state index contributed by atoms with van der Waals surface area (Å²) in [5.41, 5.74) is 4.15. The lowest BCUT2D eigenvalue weighted by atomic mass is 10.0. The summed E-state index contributed by atoms with van der Waals surface area (Å²) >= 11 is 0. The Bertz CT molecular complexity index is 1060. The number of rotatable bonds is 9. The molecule has 164 valence electrons. The van der Waals surface area contributed by atoms with Crippen molar-refractivity contribution in [1.29, 1.82) is 0 Å². The Balaban J connectivity index is 1.46. The van der Waals surface area contributed by atoms with Crippen LogP contribution in [-0.2, 0) is 16.1 Å². The molecule has 3 amide bonds. The van der Waals surface area contributed by atoms with E-state index < -0.39 is 0 Å². The van der Waals surface area contributed by atoms with Crippen molar-refractivity contribution < 1.29 is 14.4 Å². The molecule has 0 aliphatic carbocycles. The normalized spacial score (nSPS) is 10.3. The lowest BCUT2D eigenvalue weighted by molar-refractivity contribution is -0.120. The number of carbonyl (C=O) groups excluding carboxylic acids is 3. The van der Waals surface area contributed by atoms with Crippen LogP contribution in [0.1, 0.15) is 35.7 Å². The molecule has 6 nitrogen and oxygen atoms in total. The van der Waals surface area contributed by atoms with Crippen LogP contribution in [0, 0.1) is 0 Å². The topological polar surface area (TPSA) is 87.3 Å². The average Bonchev–Trinajstić information content (AvgIpc) is 2.82. The van der Waals surface area contributed by atoms with E-state index in [1.165, 1.54) is 0 Å². The van der Waals surface area contributed by atoms with Crippen LogP contribution < -0.4 is 16.0 Å². The maximum absolute atomic E-state index is 12.3. The molecule has 3 aromatic rings. The van der Waals surface area contributed by atoms with E-state index in [2.05, 4.69) is 16.0 Å². The number of amides is 3. The van der Waals surface area contributed by atoms with Crippen LogP contribution in [0.3, 0.4) is 0 Å². The number of carbonyl (C=O) groups is 3. The summed E-state index contributed by atoms with van der Waals surface area (Å²) in [7, 11) is 0. The van der Waals surface area contributed by atoms with Crippen LogP contribution in [0.25, 0.3) is 11.1 Å². The van der Waals surface area contributed by atoms with Crippen LogP contribution in [0.4, 0.5) is 5.69 Å². The van der Waals surface area contributed by atoms with Crippen molar-refractivity contribution >= 4 is 23.4 Å².